The van der Waals surface area contributed by atoms with Gasteiger partial charge < -0.3 is 10.2 Å². The van der Waals surface area contributed by atoms with Gasteiger partial charge in [-0.2, -0.15) is 0 Å². The molecule has 0 fully saturated rings. The van der Waals surface area contributed by atoms with Crippen molar-refractivity contribution in [1.29, 1.82) is 0 Å². The summed E-state index contributed by atoms with van der Waals surface area (Å²) in [7, 11) is 2.06. The number of likely N-dealkylation sites (N-methyl/N-ethyl adjacent to an activating group) is 1. The maximum absolute atomic E-state index is 4.62. The fourth-order valence-electron chi connectivity index (χ4n) is 1.93. The molecule has 0 aliphatic rings. The van der Waals surface area contributed by atoms with Crippen LogP contribution in [0.4, 0.5) is 11.6 Å². The molecule has 0 aromatic carbocycles. The van der Waals surface area contributed by atoms with Crippen LogP contribution in [0.25, 0.3) is 0 Å². The summed E-state index contributed by atoms with van der Waals surface area (Å²) in [5.41, 5.74) is 1.11. The van der Waals surface area contributed by atoms with Crippen LogP contribution in [0, 0.1) is 0 Å². The van der Waals surface area contributed by atoms with Gasteiger partial charge in [0, 0.05) is 38.4 Å². The second-order valence-corrected chi connectivity index (χ2v) is 4.80. The third-order valence-electron chi connectivity index (χ3n) is 3.11. The molecule has 0 saturated carbocycles. The van der Waals surface area contributed by atoms with Gasteiger partial charge in [0.15, 0.2) is 0 Å². The van der Waals surface area contributed by atoms with E-state index in [1.165, 1.54) is 0 Å². The third-order valence-corrected chi connectivity index (χ3v) is 3.11. The Morgan fingerprint density at radius 3 is 2.80 bits per heavy atom. The molecule has 0 unspecified atom stereocenters. The predicted octanol–water partition coefficient (Wildman–Crippen LogP) is 2.98. The lowest BCUT2D eigenvalue weighted by Gasteiger charge is -2.18. The van der Waals surface area contributed by atoms with E-state index in [1.54, 1.807) is 0 Å². The molecular weight excluding hydrogens is 248 g/mol. The summed E-state index contributed by atoms with van der Waals surface area (Å²) in [6.45, 7) is 4.01. The Balaban J connectivity index is 1.93. The number of hydrogen-bond acceptors (Lipinski definition) is 4. The van der Waals surface area contributed by atoms with Crippen LogP contribution in [0.3, 0.4) is 0 Å². The number of anilines is 2. The smallest absolute Gasteiger partial charge is 0.130 e. The minimum Gasteiger partial charge on any atom is -0.370 e. The monoisotopic (exact) mass is 270 g/mol. The van der Waals surface area contributed by atoms with Crippen molar-refractivity contribution < 1.29 is 0 Å². The first-order chi connectivity index (χ1) is 9.79. The molecule has 2 aromatic heterocycles. The van der Waals surface area contributed by atoms with Gasteiger partial charge in [-0.3, -0.25) is 4.98 Å². The highest BCUT2D eigenvalue weighted by Crippen LogP contribution is 2.13. The second kappa shape index (κ2) is 7.48. The summed E-state index contributed by atoms with van der Waals surface area (Å²) in [5.74, 6) is 1.93. The van der Waals surface area contributed by atoms with E-state index in [0.717, 1.165) is 43.3 Å². The largest absolute Gasteiger partial charge is 0.370 e. The van der Waals surface area contributed by atoms with Crippen LogP contribution < -0.4 is 10.2 Å². The Labute approximate surface area is 120 Å². The van der Waals surface area contributed by atoms with Gasteiger partial charge in [-0.15, -0.1) is 0 Å². The molecule has 2 heterocycles. The second-order valence-electron chi connectivity index (χ2n) is 4.80. The van der Waals surface area contributed by atoms with Crippen molar-refractivity contribution in [3.8, 4) is 0 Å². The lowest BCUT2D eigenvalue weighted by atomic mass is 10.2. The summed E-state index contributed by atoms with van der Waals surface area (Å²) >= 11 is 0. The molecule has 0 saturated heterocycles. The van der Waals surface area contributed by atoms with E-state index < -0.39 is 0 Å². The molecule has 106 valence electrons. The number of aromatic nitrogens is 2. The zero-order valence-corrected chi connectivity index (χ0v) is 12.2. The molecule has 0 amide bonds. The molecule has 20 heavy (non-hydrogen) atoms. The number of rotatable bonds is 7. The highest BCUT2D eigenvalue weighted by Gasteiger charge is 2.04. The van der Waals surface area contributed by atoms with E-state index in [4.69, 9.17) is 0 Å². The van der Waals surface area contributed by atoms with Crippen LogP contribution in [-0.4, -0.2) is 30.1 Å². The number of nitrogens with one attached hydrogen (secondary N) is 1. The Morgan fingerprint density at radius 1 is 1.15 bits per heavy atom. The van der Waals surface area contributed by atoms with E-state index in [9.17, 15) is 0 Å². The summed E-state index contributed by atoms with van der Waals surface area (Å²) < 4.78 is 0. The van der Waals surface area contributed by atoms with Gasteiger partial charge in [-0.1, -0.05) is 19.1 Å². The maximum atomic E-state index is 4.62. The standard InChI is InChI=1S/C16H22N4/c1-3-11-18-15-8-6-9-16(19-15)20(2)13-10-14-7-4-5-12-17-14/h4-9,12H,3,10-11,13H2,1-2H3,(H,18,19). The highest BCUT2D eigenvalue weighted by molar-refractivity contribution is 5.46. The van der Waals surface area contributed by atoms with Gasteiger partial charge in [-0.05, 0) is 30.7 Å². The SMILES string of the molecule is CCCNc1cccc(N(C)CCc2ccccn2)n1. The molecule has 2 aromatic rings. The molecule has 1 N–H and O–H groups in total. The van der Waals surface area contributed by atoms with Crippen LogP contribution in [0.2, 0.25) is 0 Å². The van der Waals surface area contributed by atoms with Gasteiger partial charge in [0.25, 0.3) is 0 Å². The first-order valence-electron chi connectivity index (χ1n) is 7.11. The molecule has 0 atom stereocenters. The molecule has 4 heteroatoms. The number of pyridine rings is 2. The molecule has 0 radical (unpaired) electrons. The van der Waals surface area contributed by atoms with Gasteiger partial charge in [0.2, 0.25) is 0 Å². The number of nitrogens with zero attached hydrogens (tertiary/aromatic N) is 3. The van der Waals surface area contributed by atoms with Crippen molar-refractivity contribution in [1.82, 2.24) is 9.97 Å². The van der Waals surface area contributed by atoms with Crippen LogP contribution in [0.1, 0.15) is 19.0 Å². The van der Waals surface area contributed by atoms with Crippen molar-refractivity contribution in [3.05, 3.63) is 48.3 Å². The Morgan fingerprint density at radius 2 is 2.05 bits per heavy atom. The molecule has 2 rings (SSSR count). The van der Waals surface area contributed by atoms with Crippen LogP contribution >= 0.6 is 0 Å². The summed E-state index contributed by atoms with van der Waals surface area (Å²) in [6.07, 6.45) is 3.86. The van der Waals surface area contributed by atoms with E-state index in [1.807, 2.05) is 36.5 Å². The first kappa shape index (κ1) is 14.3. The van der Waals surface area contributed by atoms with Crippen molar-refractivity contribution in [2.45, 2.75) is 19.8 Å². The normalized spacial score (nSPS) is 10.3. The first-order valence-corrected chi connectivity index (χ1v) is 7.11. The van der Waals surface area contributed by atoms with Gasteiger partial charge in [0.05, 0.1) is 0 Å². The van der Waals surface area contributed by atoms with E-state index in [2.05, 4.69) is 40.2 Å². The molecule has 0 aliphatic heterocycles. The fourth-order valence-corrected chi connectivity index (χ4v) is 1.93. The predicted molar refractivity (Wildman–Crippen MR) is 84.2 cm³/mol. The quantitative estimate of drug-likeness (QED) is 0.840. The lowest BCUT2D eigenvalue weighted by Crippen LogP contribution is -2.22. The molecule has 0 aliphatic carbocycles. The van der Waals surface area contributed by atoms with Gasteiger partial charge >= 0.3 is 0 Å². The molecule has 0 bridgehead atoms. The average molecular weight is 270 g/mol. The Hall–Kier alpha value is -2.10. The van der Waals surface area contributed by atoms with Crippen LogP contribution in [-0.2, 0) is 6.42 Å². The fraction of sp³-hybridized carbons (Fsp3) is 0.375. The topological polar surface area (TPSA) is 41.0 Å². The van der Waals surface area contributed by atoms with E-state index in [-0.39, 0.29) is 0 Å². The van der Waals surface area contributed by atoms with Crippen molar-refractivity contribution >= 4 is 11.6 Å². The highest BCUT2D eigenvalue weighted by atomic mass is 15.2. The lowest BCUT2D eigenvalue weighted by molar-refractivity contribution is 0.838. The maximum Gasteiger partial charge on any atom is 0.130 e. The molecule has 0 spiro atoms. The average Bonchev–Trinajstić information content (AvgIpc) is 2.52. The van der Waals surface area contributed by atoms with E-state index >= 15 is 0 Å². The van der Waals surface area contributed by atoms with Crippen molar-refractivity contribution in [3.63, 3.8) is 0 Å². The minimum atomic E-state index is 0.904. The summed E-state index contributed by atoms with van der Waals surface area (Å²) in [6, 6.07) is 12.1. The summed E-state index contributed by atoms with van der Waals surface area (Å²) in [5, 5.41) is 3.31. The van der Waals surface area contributed by atoms with Gasteiger partial charge in [0.1, 0.15) is 11.6 Å². The van der Waals surface area contributed by atoms with Crippen molar-refractivity contribution in [2.75, 3.05) is 30.4 Å². The summed E-state index contributed by atoms with van der Waals surface area (Å²) in [4.78, 5) is 11.1. The van der Waals surface area contributed by atoms with Crippen LogP contribution in [0.5, 0.6) is 0 Å². The van der Waals surface area contributed by atoms with E-state index in [0.29, 0.717) is 0 Å². The zero-order chi connectivity index (χ0) is 14.2. The van der Waals surface area contributed by atoms with Gasteiger partial charge in [-0.25, -0.2) is 4.98 Å². The molecule has 4 nitrogen and oxygen atoms in total. The third kappa shape index (κ3) is 4.23. The number of hydrogen-bond donors (Lipinski definition) is 1. The Bertz CT molecular complexity index is 513. The zero-order valence-electron chi connectivity index (χ0n) is 12.2. The van der Waals surface area contributed by atoms with Crippen molar-refractivity contribution in [2.24, 2.45) is 0 Å². The minimum absolute atomic E-state index is 0.904. The Kier molecular flexibility index (Phi) is 5.35. The molecular formula is C16H22N4. The van der Waals surface area contributed by atoms with Crippen LogP contribution in [0.15, 0.2) is 42.6 Å².